The molecule has 1 aliphatic rings. The van der Waals surface area contributed by atoms with Crippen molar-refractivity contribution in [3.8, 4) is 0 Å². The molecule has 1 N–H and O–H groups in total. The van der Waals surface area contributed by atoms with Gasteiger partial charge in [-0.3, -0.25) is 4.79 Å². The molecule has 4 nitrogen and oxygen atoms in total. The van der Waals surface area contributed by atoms with E-state index in [0.717, 1.165) is 5.56 Å². The van der Waals surface area contributed by atoms with Gasteiger partial charge in [0.2, 0.25) is 0 Å². The van der Waals surface area contributed by atoms with Crippen LogP contribution >= 0.6 is 0 Å². The van der Waals surface area contributed by atoms with Crippen molar-refractivity contribution < 1.29 is 19.4 Å². The molecular formula is C20H22O4. The van der Waals surface area contributed by atoms with Crippen molar-refractivity contribution in [2.45, 2.75) is 37.8 Å². The quantitative estimate of drug-likeness (QED) is 0.795. The third kappa shape index (κ3) is 4.51. The Morgan fingerprint density at radius 3 is 2.46 bits per heavy atom. The Labute approximate surface area is 142 Å². The van der Waals surface area contributed by atoms with E-state index in [4.69, 9.17) is 9.47 Å². The summed E-state index contributed by atoms with van der Waals surface area (Å²) in [6.45, 7) is 0.813. The fourth-order valence-corrected chi connectivity index (χ4v) is 2.91. The predicted octanol–water partition coefficient (Wildman–Crippen LogP) is 2.99. The van der Waals surface area contributed by atoms with Crippen LogP contribution in [0.25, 0.3) is 0 Å². The van der Waals surface area contributed by atoms with Crippen LogP contribution in [0.5, 0.6) is 0 Å². The monoisotopic (exact) mass is 326 g/mol. The van der Waals surface area contributed by atoms with Gasteiger partial charge in [-0.15, -0.1) is 0 Å². The Morgan fingerprint density at radius 1 is 1.08 bits per heavy atom. The molecule has 0 bridgehead atoms. The highest BCUT2D eigenvalue weighted by Gasteiger charge is 2.35. The molecule has 3 rings (SSSR count). The van der Waals surface area contributed by atoms with E-state index >= 15 is 0 Å². The Balaban J connectivity index is 1.45. The van der Waals surface area contributed by atoms with Crippen molar-refractivity contribution in [3.63, 3.8) is 0 Å². The molecule has 24 heavy (non-hydrogen) atoms. The van der Waals surface area contributed by atoms with E-state index in [2.05, 4.69) is 0 Å². The summed E-state index contributed by atoms with van der Waals surface area (Å²) in [5.74, 6) is 0.0404. The van der Waals surface area contributed by atoms with E-state index in [1.807, 2.05) is 48.5 Å². The first-order chi connectivity index (χ1) is 11.7. The Bertz CT molecular complexity index is 641. The maximum atomic E-state index is 12.2. The number of Topliss-reactive ketones (excluding diaryl/α,β-unsaturated/α-hetero) is 1. The highest BCUT2D eigenvalue weighted by atomic mass is 16.6. The maximum Gasteiger partial charge on any atom is 0.165 e. The first kappa shape index (κ1) is 16.8. The van der Waals surface area contributed by atoms with Crippen LogP contribution in [0.3, 0.4) is 0 Å². The van der Waals surface area contributed by atoms with Crippen LogP contribution in [0.4, 0.5) is 0 Å². The smallest absolute Gasteiger partial charge is 0.165 e. The molecule has 0 aliphatic carbocycles. The lowest BCUT2D eigenvalue weighted by atomic mass is 10.0. The van der Waals surface area contributed by atoms with E-state index in [-0.39, 0.29) is 24.4 Å². The zero-order chi connectivity index (χ0) is 16.8. The van der Waals surface area contributed by atoms with Gasteiger partial charge >= 0.3 is 0 Å². The number of hydrogen-bond donors (Lipinski definition) is 1. The SMILES string of the molecule is O=C(C[C@H]1C[C@H](O)[C@@H](COCc2ccccc2)O1)c1ccccc1. The van der Waals surface area contributed by atoms with Crippen molar-refractivity contribution >= 4 is 5.78 Å². The summed E-state index contributed by atoms with van der Waals surface area (Å²) in [6.07, 6.45) is -0.455. The van der Waals surface area contributed by atoms with Gasteiger partial charge in [0.1, 0.15) is 6.10 Å². The minimum absolute atomic E-state index is 0.0404. The number of carbonyl (C=O) groups excluding carboxylic acids is 1. The molecular weight excluding hydrogens is 304 g/mol. The molecule has 0 saturated carbocycles. The van der Waals surface area contributed by atoms with E-state index in [0.29, 0.717) is 25.2 Å². The van der Waals surface area contributed by atoms with Crippen LogP contribution in [-0.2, 0) is 16.1 Å². The number of ketones is 1. The second kappa shape index (κ2) is 8.20. The number of rotatable bonds is 7. The fourth-order valence-electron chi connectivity index (χ4n) is 2.91. The molecule has 0 radical (unpaired) electrons. The van der Waals surface area contributed by atoms with Crippen molar-refractivity contribution in [2.75, 3.05) is 6.61 Å². The zero-order valence-electron chi connectivity index (χ0n) is 13.5. The lowest BCUT2D eigenvalue weighted by Crippen LogP contribution is -2.26. The summed E-state index contributed by atoms with van der Waals surface area (Å²) in [6, 6.07) is 19.0. The topological polar surface area (TPSA) is 55.8 Å². The molecule has 3 atom stereocenters. The van der Waals surface area contributed by atoms with Gasteiger partial charge in [-0.25, -0.2) is 0 Å². The molecule has 0 aromatic heterocycles. The summed E-state index contributed by atoms with van der Waals surface area (Å²) in [7, 11) is 0. The molecule has 2 aromatic carbocycles. The van der Waals surface area contributed by atoms with Gasteiger partial charge in [0.25, 0.3) is 0 Å². The number of aliphatic hydroxyl groups excluding tert-OH is 1. The maximum absolute atomic E-state index is 12.2. The van der Waals surface area contributed by atoms with Gasteiger partial charge in [-0.1, -0.05) is 60.7 Å². The normalized spacial score (nSPS) is 23.3. The van der Waals surface area contributed by atoms with Crippen LogP contribution in [-0.4, -0.2) is 35.8 Å². The van der Waals surface area contributed by atoms with E-state index < -0.39 is 6.10 Å². The minimum atomic E-state index is -0.589. The van der Waals surface area contributed by atoms with Crippen molar-refractivity contribution in [2.24, 2.45) is 0 Å². The Kier molecular flexibility index (Phi) is 5.75. The number of benzene rings is 2. The second-order valence-corrected chi connectivity index (χ2v) is 6.09. The average Bonchev–Trinajstić information content (AvgIpc) is 2.96. The molecule has 2 aromatic rings. The predicted molar refractivity (Wildman–Crippen MR) is 90.8 cm³/mol. The molecule has 0 spiro atoms. The molecule has 1 aliphatic heterocycles. The molecule has 0 amide bonds. The summed E-state index contributed by atoms with van der Waals surface area (Å²) < 4.78 is 11.5. The molecule has 4 heteroatoms. The second-order valence-electron chi connectivity index (χ2n) is 6.09. The zero-order valence-corrected chi connectivity index (χ0v) is 13.5. The Morgan fingerprint density at radius 2 is 1.75 bits per heavy atom. The summed E-state index contributed by atoms with van der Waals surface area (Å²) >= 11 is 0. The van der Waals surface area contributed by atoms with Crippen LogP contribution < -0.4 is 0 Å². The lowest BCUT2D eigenvalue weighted by molar-refractivity contribution is -0.0481. The summed E-state index contributed by atoms with van der Waals surface area (Å²) in [4.78, 5) is 12.2. The third-order valence-corrected chi connectivity index (χ3v) is 4.20. The lowest BCUT2D eigenvalue weighted by Gasteiger charge is -2.15. The number of aliphatic hydroxyl groups is 1. The highest BCUT2D eigenvalue weighted by molar-refractivity contribution is 5.96. The van der Waals surface area contributed by atoms with Gasteiger partial charge in [0.15, 0.2) is 5.78 Å². The largest absolute Gasteiger partial charge is 0.390 e. The molecule has 1 saturated heterocycles. The van der Waals surface area contributed by atoms with Gasteiger partial charge in [0.05, 0.1) is 25.4 Å². The van der Waals surface area contributed by atoms with Crippen LogP contribution in [0.15, 0.2) is 60.7 Å². The number of hydrogen-bond acceptors (Lipinski definition) is 4. The first-order valence-corrected chi connectivity index (χ1v) is 8.26. The highest BCUT2D eigenvalue weighted by Crippen LogP contribution is 2.24. The Hall–Kier alpha value is -2.01. The van der Waals surface area contributed by atoms with Crippen molar-refractivity contribution in [1.82, 2.24) is 0 Å². The van der Waals surface area contributed by atoms with E-state index in [9.17, 15) is 9.90 Å². The molecule has 126 valence electrons. The standard InChI is InChI=1S/C20H22O4/c21-18(16-9-5-2-6-10-16)11-17-12-19(22)20(24-17)14-23-13-15-7-3-1-4-8-15/h1-10,17,19-20,22H,11-14H2/t17-,19-,20+/m0/s1. The molecule has 1 fully saturated rings. The van der Waals surface area contributed by atoms with Gasteiger partial charge in [-0.05, 0) is 5.56 Å². The van der Waals surface area contributed by atoms with Gasteiger partial charge in [0, 0.05) is 18.4 Å². The van der Waals surface area contributed by atoms with E-state index in [1.54, 1.807) is 12.1 Å². The minimum Gasteiger partial charge on any atom is -0.390 e. The third-order valence-electron chi connectivity index (χ3n) is 4.20. The van der Waals surface area contributed by atoms with Gasteiger partial charge in [-0.2, -0.15) is 0 Å². The fraction of sp³-hybridized carbons (Fsp3) is 0.350. The average molecular weight is 326 g/mol. The van der Waals surface area contributed by atoms with Crippen LogP contribution in [0, 0.1) is 0 Å². The van der Waals surface area contributed by atoms with Gasteiger partial charge < -0.3 is 14.6 Å². The molecule has 0 unspecified atom stereocenters. The van der Waals surface area contributed by atoms with Crippen LogP contribution in [0.2, 0.25) is 0 Å². The van der Waals surface area contributed by atoms with E-state index in [1.165, 1.54) is 0 Å². The summed E-state index contributed by atoms with van der Waals surface area (Å²) in [5, 5.41) is 10.1. The summed E-state index contributed by atoms with van der Waals surface area (Å²) in [5.41, 5.74) is 1.76. The number of carbonyl (C=O) groups is 1. The first-order valence-electron chi connectivity index (χ1n) is 8.26. The molecule has 1 heterocycles. The van der Waals surface area contributed by atoms with Crippen molar-refractivity contribution in [1.29, 1.82) is 0 Å². The number of ether oxygens (including phenoxy) is 2. The van der Waals surface area contributed by atoms with Crippen molar-refractivity contribution in [3.05, 3.63) is 71.8 Å². The van der Waals surface area contributed by atoms with Crippen LogP contribution in [0.1, 0.15) is 28.8 Å².